The van der Waals surface area contributed by atoms with E-state index in [0.717, 1.165) is 4.80 Å². The Labute approximate surface area is 214 Å². The monoisotopic (exact) mass is 506 g/mol. The van der Waals surface area contributed by atoms with Gasteiger partial charge in [0.2, 0.25) is 5.82 Å². The van der Waals surface area contributed by atoms with E-state index in [9.17, 15) is 9.59 Å². The summed E-state index contributed by atoms with van der Waals surface area (Å²) in [5, 5.41) is 15.3. The second-order valence-electron chi connectivity index (χ2n) is 9.61. The van der Waals surface area contributed by atoms with Gasteiger partial charge in [0, 0.05) is 11.2 Å². The number of benzene rings is 1. The molecule has 1 N–H and O–H groups in total. The van der Waals surface area contributed by atoms with Gasteiger partial charge < -0.3 is 18.9 Å². The van der Waals surface area contributed by atoms with Crippen LogP contribution in [0, 0.1) is 13.8 Å². The molecule has 3 aromatic heterocycles. The summed E-state index contributed by atoms with van der Waals surface area (Å²) in [4.78, 5) is 30.0. The first-order valence-corrected chi connectivity index (χ1v) is 11.7. The highest BCUT2D eigenvalue weighted by atomic mass is 16.5. The van der Waals surface area contributed by atoms with Gasteiger partial charge in [-0.3, -0.25) is 14.5 Å². The quantitative estimate of drug-likeness (QED) is 0.382. The van der Waals surface area contributed by atoms with Crippen molar-refractivity contribution >= 4 is 17.5 Å². The molecular formula is C26H30N6O5. The average molecular weight is 507 g/mol. The number of hydrogen-bond acceptors (Lipinski definition) is 8. The van der Waals surface area contributed by atoms with E-state index in [1.54, 1.807) is 62.6 Å². The van der Waals surface area contributed by atoms with E-state index in [-0.39, 0.29) is 12.4 Å². The van der Waals surface area contributed by atoms with Crippen molar-refractivity contribution in [2.24, 2.45) is 0 Å². The minimum absolute atomic E-state index is 0.251. The van der Waals surface area contributed by atoms with Crippen LogP contribution in [0.3, 0.4) is 0 Å². The predicted octanol–water partition coefficient (Wildman–Crippen LogP) is 3.84. The van der Waals surface area contributed by atoms with Crippen LogP contribution < -0.4 is 15.0 Å². The highest BCUT2D eigenvalue weighted by Crippen LogP contribution is 2.31. The number of nitrogens with one attached hydrogen (secondary N) is 1. The second-order valence-corrected chi connectivity index (χ2v) is 9.61. The topological polar surface area (TPSA) is 129 Å². The van der Waals surface area contributed by atoms with Gasteiger partial charge in [0.15, 0.2) is 11.8 Å². The summed E-state index contributed by atoms with van der Waals surface area (Å²) in [6, 6.07) is 12.7. The molecule has 0 saturated heterocycles. The van der Waals surface area contributed by atoms with Crippen LogP contribution in [0.5, 0.6) is 5.75 Å². The summed E-state index contributed by atoms with van der Waals surface area (Å²) in [5.41, 5.74) is -0.0781. The maximum absolute atomic E-state index is 13.8. The van der Waals surface area contributed by atoms with Crippen LogP contribution in [0.25, 0.3) is 11.6 Å². The number of carbonyl (C=O) groups is 2. The van der Waals surface area contributed by atoms with Gasteiger partial charge in [0.1, 0.15) is 29.6 Å². The zero-order chi connectivity index (χ0) is 26.7. The number of ether oxygens (including phenoxy) is 1. The van der Waals surface area contributed by atoms with Crippen LogP contribution in [0.4, 0.5) is 5.69 Å². The molecule has 0 spiro atoms. The van der Waals surface area contributed by atoms with Crippen LogP contribution in [-0.2, 0) is 16.1 Å². The maximum atomic E-state index is 13.8. The van der Waals surface area contributed by atoms with Crippen molar-refractivity contribution in [3.05, 3.63) is 65.8 Å². The highest BCUT2D eigenvalue weighted by Gasteiger charge is 2.37. The van der Waals surface area contributed by atoms with Gasteiger partial charge in [-0.2, -0.15) is 4.80 Å². The van der Waals surface area contributed by atoms with Crippen LogP contribution in [0.2, 0.25) is 0 Å². The van der Waals surface area contributed by atoms with Crippen molar-refractivity contribution < 1.29 is 23.2 Å². The molecular weight excluding hydrogens is 476 g/mol. The molecule has 1 aromatic carbocycles. The summed E-state index contributed by atoms with van der Waals surface area (Å²) in [5.74, 6) is 2.09. The van der Waals surface area contributed by atoms with Crippen molar-refractivity contribution in [3.8, 4) is 17.3 Å². The maximum Gasteiger partial charge on any atom is 0.251 e. The van der Waals surface area contributed by atoms with E-state index < -0.39 is 23.4 Å². The first-order valence-electron chi connectivity index (χ1n) is 11.7. The van der Waals surface area contributed by atoms with Crippen molar-refractivity contribution in [3.63, 3.8) is 0 Å². The Hall–Kier alpha value is -4.41. The third-order valence-corrected chi connectivity index (χ3v) is 5.34. The van der Waals surface area contributed by atoms with Gasteiger partial charge in [-0.1, -0.05) is 0 Å². The van der Waals surface area contributed by atoms with Crippen LogP contribution in [-0.4, -0.2) is 44.7 Å². The van der Waals surface area contributed by atoms with Gasteiger partial charge in [-0.15, -0.1) is 10.2 Å². The van der Waals surface area contributed by atoms with Crippen molar-refractivity contribution in [2.75, 3.05) is 12.0 Å². The Morgan fingerprint density at radius 3 is 2.27 bits per heavy atom. The minimum atomic E-state index is -1.09. The lowest BCUT2D eigenvalue weighted by Gasteiger charge is -2.32. The fourth-order valence-corrected chi connectivity index (χ4v) is 3.75. The average Bonchev–Trinajstić information content (AvgIpc) is 3.57. The molecule has 4 aromatic rings. The SMILES string of the molecule is COc1ccc(N(C(=O)Cn2nnc(-c3ccc(C)o3)n2)C(C(=O)NC(C)(C)C)c2ccc(C)o2)cc1. The number of aromatic nitrogens is 4. The van der Waals surface area contributed by atoms with Crippen LogP contribution in [0.15, 0.2) is 57.4 Å². The summed E-state index contributed by atoms with van der Waals surface area (Å²) in [7, 11) is 1.55. The Morgan fingerprint density at radius 1 is 1.03 bits per heavy atom. The molecule has 3 heterocycles. The van der Waals surface area contributed by atoms with Gasteiger partial charge in [-0.25, -0.2) is 0 Å². The van der Waals surface area contributed by atoms with Gasteiger partial charge >= 0.3 is 0 Å². The summed E-state index contributed by atoms with van der Waals surface area (Å²) < 4.78 is 16.7. The summed E-state index contributed by atoms with van der Waals surface area (Å²) in [6.45, 7) is 8.91. The fourth-order valence-electron chi connectivity index (χ4n) is 3.75. The molecule has 1 unspecified atom stereocenters. The third-order valence-electron chi connectivity index (χ3n) is 5.34. The van der Waals surface area contributed by atoms with Crippen molar-refractivity contribution in [2.45, 2.75) is 52.7 Å². The van der Waals surface area contributed by atoms with E-state index >= 15 is 0 Å². The number of furan rings is 2. The fraction of sp³-hybridized carbons (Fsp3) is 0.346. The lowest BCUT2D eigenvalue weighted by Crippen LogP contribution is -2.50. The predicted molar refractivity (Wildman–Crippen MR) is 135 cm³/mol. The number of rotatable bonds is 8. The third kappa shape index (κ3) is 6.05. The van der Waals surface area contributed by atoms with E-state index in [0.29, 0.717) is 34.5 Å². The van der Waals surface area contributed by atoms with Gasteiger partial charge in [-0.05, 0) is 88.4 Å². The first kappa shape index (κ1) is 25.7. The van der Waals surface area contributed by atoms with Crippen LogP contribution in [0.1, 0.15) is 44.1 Å². The molecule has 0 bridgehead atoms. The lowest BCUT2D eigenvalue weighted by atomic mass is 10.1. The highest BCUT2D eigenvalue weighted by molar-refractivity contribution is 6.01. The molecule has 0 aliphatic rings. The molecule has 0 aliphatic carbocycles. The Balaban J connectivity index is 1.73. The molecule has 0 fully saturated rings. The number of amides is 2. The normalized spacial score (nSPS) is 12.3. The van der Waals surface area contributed by atoms with Crippen molar-refractivity contribution in [1.29, 1.82) is 0 Å². The zero-order valence-corrected chi connectivity index (χ0v) is 21.7. The number of hydrogen-bond donors (Lipinski definition) is 1. The van der Waals surface area contributed by atoms with Crippen molar-refractivity contribution in [1.82, 2.24) is 25.5 Å². The Kier molecular flexibility index (Phi) is 7.14. The standard InChI is InChI=1S/C26H30N6O5/c1-16-7-13-20(36-16)23(25(34)27-26(3,4)5)32(18-9-11-19(35-6)12-10-18)22(33)15-31-29-24(28-30-31)21-14-8-17(2)37-21/h7-14,23H,15H2,1-6H3,(H,27,34). The zero-order valence-electron chi connectivity index (χ0n) is 21.7. The van der Waals surface area contributed by atoms with E-state index in [1.807, 2.05) is 27.7 Å². The van der Waals surface area contributed by atoms with Gasteiger partial charge in [0.25, 0.3) is 11.8 Å². The molecule has 0 radical (unpaired) electrons. The second kappa shape index (κ2) is 10.3. The number of methoxy groups -OCH3 is 1. The number of nitrogens with zero attached hydrogens (tertiary/aromatic N) is 5. The number of aryl methyl sites for hydroxylation is 2. The summed E-state index contributed by atoms with van der Waals surface area (Å²) in [6.07, 6.45) is 0. The molecule has 37 heavy (non-hydrogen) atoms. The minimum Gasteiger partial charge on any atom is -0.497 e. The molecule has 0 aliphatic heterocycles. The number of anilines is 1. The number of tetrazole rings is 1. The largest absolute Gasteiger partial charge is 0.497 e. The molecule has 2 amide bonds. The van der Waals surface area contributed by atoms with E-state index in [2.05, 4.69) is 20.7 Å². The molecule has 11 heteroatoms. The van der Waals surface area contributed by atoms with Gasteiger partial charge in [0.05, 0.1) is 7.11 Å². The lowest BCUT2D eigenvalue weighted by molar-refractivity contribution is -0.128. The molecule has 194 valence electrons. The van der Waals surface area contributed by atoms with Crippen LogP contribution >= 0.6 is 0 Å². The van der Waals surface area contributed by atoms with E-state index in [1.165, 1.54) is 4.90 Å². The molecule has 11 nitrogen and oxygen atoms in total. The molecule has 1 atom stereocenters. The molecule has 0 saturated carbocycles. The van der Waals surface area contributed by atoms with E-state index in [4.69, 9.17) is 13.6 Å². The smallest absolute Gasteiger partial charge is 0.251 e. The summed E-state index contributed by atoms with van der Waals surface area (Å²) >= 11 is 0. The molecule has 4 rings (SSSR count). The Bertz CT molecular complexity index is 1380. The Morgan fingerprint density at radius 2 is 1.70 bits per heavy atom. The number of carbonyl (C=O) groups excluding carboxylic acids is 2. The first-order chi connectivity index (χ1) is 17.5.